The summed E-state index contributed by atoms with van der Waals surface area (Å²) in [5.41, 5.74) is 0. The van der Waals surface area contributed by atoms with E-state index in [0.717, 1.165) is 39.3 Å². The highest BCUT2D eigenvalue weighted by molar-refractivity contribution is 7.89. The highest BCUT2D eigenvalue weighted by Crippen LogP contribution is 2.32. The van der Waals surface area contributed by atoms with Crippen LogP contribution < -0.4 is 5.32 Å². The zero-order valence-electron chi connectivity index (χ0n) is 20.4. The van der Waals surface area contributed by atoms with E-state index < -0.39 is 28.3 Å². The van der Waals surface area contributed by atoms with Gasteiger partial charge in [-0.3, -0.25) is 9.69 Å². The lowest BCUT2D eigenvalue weighted by molar-refractivity contribution is -0.146. The number of morpholine rings is 1. The number of nitrogens with zero attached hydrogens (tertiary/aromatic N) is 2. The lowest BCUT2D eigenvalue weighted by Gasteiger charge is -2.43. The third kappa shape index (κ3) is 7.38. The fourth-order valence-corrected chi connectivity index (χ4v) is 6.99. The second-order valence-corrected chi connectivity index (χ2v) is 11.9. The second kappa shape index (κ2) is 13.0. The predicted octanol–water partition coefficient (Wildman–Crippen LogP) is 0.867. The first-order valence-electron chi connectivity index (χ1n) is 12.6. The van der Waals surface area contributed by atoms with Gasteiger partial charge in [-0.15, -0.1) is 0 Å². The highest BCUT2D eigenvalue weighted by Gasteiger charge is 2.43. The van der Waals surface area contributed by atoms with Crippen molar-refractivity contribution < 1.29 is 32.5 Å². The molecule has 4 atom stereocenters. The average Bonchev–Trinajstić information content (AvgIpc) is 2.85. The number of carbonyl (C=O) groups is 1. The molecular formula is C24H36ClN3O7S. The third-order valence-corrected chi connectivity index (χ3v) is 8.95. The lowest BCUT2D eigenvalue weighted by Crippen LogP contribution is -2.57. The highest BCUT2D eigenvalue weighted by atomic mass is 35.5. The number of hydrogen-bond acceptors (Lipinski definition) is 8. The molecule has 3 heterocycles. The minimum absolute atomic E-state index is 0.00242. The Kier molecular flexibility index (Phi) is 9.98. The van der Waals surface area contributed by atoms with Crippen molar-refractivity contribution in [1.29, 1.82) is 0 Å². The van der Waals surface area contributed by atoms with Gasteiger partial charge in [-0.25, -0.2) is 8.42 Å². The van der Waals surface area contributed by atoms with Crippen molar-refractivity contribution in [2.45, 2.75) is 54.9 Å². The summed E-state index contributed by atoms with van der Waals surface area (Å²) in [5.74, 6) is -0.0778. The molecule has 36 heavy (non-hydrogen) atoms. The number of hydrogen-bond donors (Lipinski definition) is 2. The number of aliphatic hydroxyl groups excluding tert-OH is 1. The summed E-state index contributed by atoms with van der Waals surface area (Å²) in [6, 6.07) is 5.58. The standard InChI is InChI=1S/C24H36ClN3O7S/c25-18-3-1-4-21(13-18)36(31,32)28-15-19(29)16-34-17-23-22(28)6-5-20(35-23)14-24(30)26-7-2-8-27-9-11-33-12-10-27/h1,3-4,13,19-20,22-23,29H,2,5-12,14-17H2,(H,26,30)/t19-,20-,22+,23-/m0/s1. The molecule has 1 aromatic rings. The van der Waals surface area contributed by atoms with Crippen molar-refractivity contribution in [2.24, 2.45) is 0 Å². The number of sulfonamides is 1. The van der Waals surface area contributed by atoms with Gasteiger partial charge in [0.2, 0.25) is 15.9 Å². The van der Waals surface area contributed by atoms with Crippen molar-refractivity contribution in [1.82, 2.24) is 14.5 Å². The van der Waals surface area contributed by atoms with Crippen LogP contribution in [-0.2, 0) is 29.0 Å². The molecule has 1 amide bonds. The van der Waals surface area contributed by atoms with Gasteiger partial charge in [0.15, 0.2) is 0 Å². The van der Waals surface area contributed by atoms with Crippen LogP contribution in [0, 0.1) is 0 Å². The first-order chi connectivity index (χ1) is 17.3. The Bertz CT molecular complexity index is 976. The van der Waals surface area contributed by atoms with Crippen molar-refractivity contribution >= 4 is 27.5 Å². The van der Waals surface area contributed by atoms with Crippen LogP contribution in [-0.4, -0.2) is 112 Å². The quantitative estimate of drug-likeness (QED) is 0.462. The molecule has 3 aliphatic heterocycles. The summed E-state index contributed by atoms with van der Waals surface area (Å²) < 4.78 is 45.5. The van der Waals surface area contributed by atoms with E-state index in [1.165, 1.54) is 16.4 Å². The molecule has 10 nitrogen and oxygen atoms in total. The van der Waals surface area contributed by atoms with Gasteiger partial charge in [0.1, 0.15) is 0 Å². The van der Waals surface area contributed by atoms with E-state index >= 15 is 0 Å². The maximum Gasteiger partial charge on any atom is 0.243 e. The Hall–Kier alpha value is -1.31. The van der Waals surface area contributed by atoms with Crippen LogP contribution in [0.2, 0.25) is 5.02 Å². The molecule has 0 saturated carbocycles. The van der Waals surface area contributed by atoms with Crippen molar-refractivity contribution in [3.8, 4) is 0 Å². The van der Waals surface area contributed by atoms with Gasteiger partial charge in [-0.1, -0.05) is 17.7 Å². The first-order valence-corrected chi connectivity index (χ1v) is 14.4. The van der Waals surface area contributed by atoms with E-state index in [-0.39, 0.29) is 43.1 Å². The number of halogens is 1. The van der Waals surface area contributed by atoms with Crippen LogP contribution in [0.5, 0.6) is 0 Å². The number of ether oxygens (including phenoxy) is 3. The largest absolute Gasteiger partial charge is 0.389 e. The summed E-state index contributed by atoms with van der Waals surface area (Å²) in [6.45, 7) is 4.93. The van der Waals surface area contributed by atoms with E-state index in [0.29, 0.717) is 24.4 Å². The molecule has 3 aliphatic rings. The van der Waals surface area contributed by atoms with Crippen LogP contribution >= 0.6 is 11.6 Å². The van der Waals surface area contributed by atoms with Crippen LogP contribution in [0.25, 0.3) is 0 Å². The fourth-order valence-electron chi connectivity index (χ4n) is 4.97. The van der Waals surface area contributed by atoms with Gasteiger partial charge >= 0.3 is 0 Å². The lowest BCUT2D eigenvalue weighted by atomic mass is 9.96. The molecule has 0 radical (unpaired) electrons. The molecule has 0 aromatic heterocycles. The summed E-state index contributed by atoms with van der Waals surface area (Å²) in [4.78, 5) is 14.9. The van der Waals surface area contributed by atoms with Gasteiger partial charge in [0.05, 0.1) is 62.1 Å². The molecule has 0 aliphatic carbocycles. The Morgan fingerprint density at radius 2 is 1.97 bits per heavy atom. The van der Waals surface area contributed by atoms with E-state index in [2.05, 4.69) is 10.2 Å². The zero-order valence-corrected chi connectivity index (χ0v) is 22.0. The normalized spacial score (nSPS) is 28.6. The number of aliphatic hydroxyl groups is 1. The van der Waals surface area contributed by atoms with Crippen molar-refractivity contribution in [2.75, 3.05) is 59.2 Å². The molecule has 202 valence electrons. The number of fused-ring (bicyclic) bond motifs is 1. The molecule has 1 aromatic carbocycles. The van der Waals surface area contributed by atoms with E-state index in [1.54, 1.807) is 12.1 Å². The van der Waals surface area contributed by atoms with Crippen LogP contribution in [0.1, 0.15) is 25.7 Å². The molecule has 12 heteroatoms. The number of β-amino-alcohol motifs (C(OH)–C–C–N with tert-alkyl or cyclic N) is 1. The maximum absolute atomic E-state index is 13.5. The van der Waals surface area contributed by atoms with E-state index in [9.17, 15) is 18.3 Å². The van der Waals surface area contributed by atoms with Crippen molar-refractivity contribution in [3.63, 3.8) is 0 Å². The predicted molar refractivity (Wildman–Crippen MR) is 133 cm³/mol. The molecule has 0 unspecified atom stereocenters. The molecular weight excluding hydrogens is 510 g/mol. The monoisotopic (exact) mass is 545 g/mol. The van der Waals surface area contributed by atoms with Crippen molar-refractivity contribution in [3.05, 3.63) is 29.3 Å². The summed E-state index contributed by atoms with van der Waals surface area (Å²) in [7, 11) is -3.93. The Balaban J connectivity index is 1.33. The van der Waals surface area contributed by atoms with E-state index in [4.69, 9.17) is 25.8 Å². The number of nitrogens with one attached hydrogen (secondary N) is 1. The van der Waals surface area contributed by atoms with Crippen LogP contribution in [0.4, 0.5) is 0 Å². The number of amides is 1. The number of benzene rings is 1. The molecule has 0 bridgehead atoms. The van der Waals surface area contributed by atoms with E-state index in [1.807, 2.05) is 0 Å². The first kappa shape index (κ1) is 27.7. The molecule has 3 fully saturated rings. The van der Waals surface area contributed by atoms with Gasteiger partial charge in [0.25, 0.3) is 0 Å². The topological polar surface area (TPSA) is 118 Å². The minimum Gasteiger partial charge on any atom is -0.389 e. The molecule has 4 rings (SSSR count). The Labute approximate surface area is 217 Å². The SMILES string of the molecule is O=C(C[C@@H]1CC[C@@H]2[C@H](COC[C@@H](O)CN2S(=O)(=O)c2cccc(Cl)c2)O1)NCCCN1CCOCC1. The molecule has 3 saturated heterocycles. The second-order valence-electron chi connectivity index (χ2n) is 9.53. The summed E-state index contributed by atoms with van der Waals surface area (Å²) in [5, 5.41) is 13.6. The van der Waals surface area contributed by atoms with Gasteiger partial charge in [-0.05, 0) is 44.0 Å². The third-order valence-electron chi connectivity index (χ3n) is 6.83. The zero-order chi connectivity index (χ0) is 25.5. The number of rotatable bonds is 8. The molecule has 0 spiro atoms. The van der Waals surface area contributed by atoms with Gasteiger partial charge in [-0.2, -0.15) is 4.31 Å². The Morgan fingerprint density at radius 1 is 1.17 bits per heavy atom. The van der Waals surface area contributed by atoms with Crippen LogP contribution in [0.3, 0.4) is 0 Å². The maximum atomic E-state index is 13.5. The Morgan fingerprint density at radius 3 is 2.75 bits per heavy atom. The van der Waals surface area contributed by atoms with Gasteiger partial charge in [0, 0.05) is 31.2 Å². The van der Waals surface area contributed by atoms with Crippen LogP contribution in [0.15, 0.2) is 29.2 Å². The smallest absolute Gasteiger partial charge is 0.243 e. The summed E-state index contributed by atoms with van der Waals surface area (Å²) >= 11 is 6.04. The summed E-state index contributed by atoms with van der Waals surface area (Å²) in [6.07, 6.45) is 0.281. The minimum atomic E-state index is -3.93. The average molecular weight is 546 g/mol. The fraction of sp³-hybridized carbons (Fsp3) is 0.708. The number of carbonyl (C=O) groups excluding carboxylic acids is 1. The molecule has 2 N–H and O–H groups in total. The van der Waals surface area contributed by atoms with Gasteiger partial charge < -0.3 is 24.6 Å².